The smallest absolute Gasteiger partial charge is 0.240 e. The lowest BCUT2D eigenvalue weighted by molar-refractivity contribution is -0.121. The molecule has 27 heavy (non-hydrogen) atoms. The molecule has 8 heteroatoms. The van der Waals surface area contributed by atoms with Crippen LogP contribution in [0.5, 0.6) is 0 Å². The summed E-state index contributed by atoms with van der Waals surface area (Å²) in [5, 5.41) is 3.36. The minimum atomic E-state index is -3.66. The Labute approximate surface area is 167 Å². The van der Waals surface area contributed by atoms with E-state index in [0.717, 1.165) is 32.5 Å². The highest BCUT2D eigenvalue weighted by Crippen LogP contribution is 2.15. The Balaban J connectivity index is 1.70. The van der Waals surface area contributed by atoms with Gasteiger partial charge in [-0.2, -0.15) is 0 Å². The zero-order valence-electron chi connectivity index (χ0n) is 15.9. The Hall–Kier alpha value is -1.41. The van der Waals surface area contributed by atoms with E-state index in [4.69, 9.17) is 11.6 Å². The molecule has 1 aromatic carbocycles. The summed E-state index contributed by atoms with van der Waals surface area (Å²) < 4.78 is 26.8. The normalized spacial score (nSPS) is 16.1. The summed E-state index contributed by atoms with van der Waals surface area (Å²) in [5.74, 6) is -0.133. The summed E-state index contributed by atoms with van der Waals surface area (Å²) in [6.07, 6.45) is 4.15. The van der Waals surface area contributed by atoms with Crippen LogP contribution in [0.15, 0.2) is 40.8 Å². The van der Waals surface area contributed by atoms with E-state index < -0.39 is 10.0 Å². The van der Waals surface area contributed by atoms with Gasteiger partial charge in [0, 0.05) is 43.7 Å². The SMILES string of the molecule is CC(C)=CCN1CCC(NC(=O)CCNS(=O)(=O)c2cccc(Cl)c2)CC1. The highest BCUT2D eigenvalue weighted by atomic mass is 35.5. The van der Waals surface area contributed by atoms with Gasteiger partial charge in [0.05, 0.1) is 4.90 Å². The van der Waals surface area contributed by atoms with E-state index in [-0.39, 0.29) is 29.8 Å². The molecular weight excluding hydrogens is 386 g/mol. The minimum Gasteiger partial charge on any atom is -0.353 e. The third kappa shape index (κ3) is 7.62. The molecule has 150 valence electrons. The number of hydrogen-bond acceptors (Lipinski definition) is 4. The number of carbonyl (C=O) groups excluding carboxylic acids is 1. The van der Waals surface area contributed by atoms with E-state index in [1.54, 1.807) is 12.1 Å². The van der Waals surface area contributed by atoms with Crippen LogP contribution in [0.1, 0.15) is 33.1 Å². The fourth-order valence-electron chi connectivity index (χ4n) is 2.89. The monoisotopic (exact) mass is 413 g/mol. The summed E-state index contributed by atoms with van der Waals surface area (Å²) in [5.41, 5.74) is 1.31. The van der Waals surface area contributed by atoms with Crippen molar-refractivity contribution in [2.75, 3.05) is 26.2 Å². The molecule has 0 saturated carbocycles. The topological polar surface area (TPSA) is 78.5 Å². The third-order valence-corrected chi connectivity index (χ3v) is 6.15. The van der Waals surface area contributed by atoms with E-state index in [9.17, 15) is 13.2 Å². The number of allylic oxidation sites excluding steroid dienone is 1. The lowest BCUT2D eigenvalue weighted by Crippen LogP contribution is -2.45. The summed E-state index contributed by atoms with van der Waals surface area (Å²) >= 11 is 5.83. The number of benzene rings is 1. The Morgan fingerprint density at radius 2 is 2.00 bits per heavy atom. The van der Waals surface area contributed by atoms with Crippen molar-refractivity contribution in [2.24, 2.45) is 0 Å². The Kier molecular flexibility index (Phi) is 8.28. The van der Waals surface area contributed by atoms with Gasteiger partial charge in [-0.15, -0.1) is 0 Å². The fourth-order valence-corrected chi connectivity index (χ4v) is 4.22. The molecular formula is C19H28ClN3O3S. The van der Waals surface area contributed by atoms with Crippen molar-refractivity contribution in [3.05, 3.63) is 40.9 Å². The van der Waals surface area contributed by atoms with Crippen LogP contribution < -0.4 is 10.0 Å². The first-order valence-corrected chi connectivity index (χ1v) is 11.0. The molecule has 0 aromatic heterocycles. The van der Waals surface area contributed by atoms with Gasteiger partial charge in [-0.25, -0.2) is 13.1 Å². The van der Waals surface area contributed by atoms with Crippen LogP contribution in [0, 0.1) is 0 Å². The van der Waals surface area contributed by atoms with Crippen LogP contribution in [0.2, 0.25) is 5.02 Å². The van der Waals surface area contributed by atoms with E-state index in [1.807, 2.05) is 0 Å². The minimum absolute atomic E-state index is 0.0557. The second-order valence-electron chi connectivity index (χ2n) is 7.03. The number of rotatable bonds is 8. The molecule has 1 amide bonds. The van der Waals surface area contributed by atoms with Crippen molar-refractivity contribution in [3.8, 4) is 0 Å². The van der Waals surface area contributed by atoms with Crippen molar-refractivity contribution in [1.82, 2.24) is 14.9 Å². The lowest BCUT2D eigenvalue weighted by atomic mass is 10.0. The number of nitrogens with zero attached hydrogens (tertiary/aromatic N) is 1. The summed E-state index contributed by atoms with van der Waals surface area (Å²) in [4.78, 5) is 14.6. The van der Waals surface area contributed by atoms with E-state index in [0.29, 0.717) is 5.02 Å². The van der Waals surface area contributed by atoms with Crippen molar-refractivity contribution in [2.45, 2.75) is 44.0 Å². The standard InChI is InChI=1S/C19H28ClN3O3S/c1-15(2)7-11-23-12-8-17(9-13-23)22-19(24)6-10-21-27(25,26)18-5-3-4-16(20)14-18/h3-5,7,14,17,21H,6,8-13H2,1-2H3,(H,22,24). The third-order valence-electron chi connectivity index (χ3n) is 4.46. The number of likely N-dealkylation sites (tertiary alicyclic amines) is 1. The van der Waals surface area contributed by atoms with Crippen molar-refractivity contribution in [3.63, 3.8) is 0 Å². The first kappa shape index (κ1) is 21.9. The molecule has 6 nitrogen and oxygen atoms in total. The number of amides is 1. The quantitative estimate of drug-likeness (QED) is 0.642. The Bertz CT molecular complexity index is 768. The van der Waals surface area contributed by atoms with Gasteiger partial charge in [0.15, 0.2) is 0 Å². The molecule has 2 N–H and O–H groups in total. The van der Waals surface area contributed by atoms with E-state index in [1.165, 1.54) is 17.7 Å². The highest BCUT2D eigenvalue weighted by Gasteiger charge is 2.20. The van der Waals surface area contributed by atoms with Crippen molar-refractivity contribution < 1.29 is 13.2 Å². The highest BCUT2D eigenvalue weighted by molar-refractivity contribution is 7.89. The molecule has 1 heterocycles. The second kappa shape index (κ2) is 10.2. The molecule has 0 spiro atoms. The van der Waals surface area contributed by atoms with Crippen LogP contribution >= 0.6 is 11.6 Å². The van der Waals surface area contributed by atoms with Crippen LogP contribution in [0.4, 0.5) is 0 Å². The van der Waals surface area contributed by atoms with Gasteiger partial charge in [0.2, 0.25) is 15.9 Å². The van der Waals surface area contributed by atoms with Crippen LogP contribution in [0.25, 0.3) is 0 Å². The van der Waals surface area contributed by atoms with E-state index >= 15 is 0 Å². The summed E-state index contributed by atoms with van der Waals surface area (Å²) in [7, 11) is -3.66. The molecule has 1 saturated heterocycles. The van der Waals surface area contributed by atoms with Gasteiger partial charge in [-0.3, -0.25) is 9.69 Å². The first-order valence-electron chi connectivity index (χ1n) is 9.16. The van der Waals surface area contributed by atoms with Gasteiger partial charge in [-0.05, 0) is 44.9 Å². The molecule has 2 rings (SSSR count). The zero-order valence-corrected chi connectivity index (χ0v) is 17.4. The summed E-state index contributed by atoms with van der Waals surface area (Å²) in [6.45, 7) is 7.10. The number of carbonyl (C=O) groups is 1. The first-order chi connectivity index (χ1) is 12.8. The van der Waals surface area contributed by atoms with Crippen molar-refractivity contribution in [1.29, 1.82) is 0 Å². The van der Waals surface area contributed by atoms with Crippen LogP contribution in [-0.4, -0.2) is 51.4 Å². The summed E-state index contributed by atoms with van der Waals surface area (Å²) in [6, 6.07) is 6.20. The molecule has 1 aromatic rings. The molecule has 1 aliphatic rings. The molecule has 1 fully saturated rings. The maximum absolute atomic E-state index is 12.2. The number of piperidine rings is 1. The van der Waals surface area contributed by atoms with Gasteiger partial charge < -0.3 is 5.32 Å². The van der Waals surface area contributed by atoms with Crippen LogP contribution in [0.3, 0.4) is 0 Å². The van der Waals surface area contributed by atoms with Gasteiger partial charge in [0.1, 0.15) is 0 Å². The molecule has 0 radical (unpaired) electrons. The van der Waals surface area contributed by atoms with Gasteiger partial charge >= 0.3 is 0 Å². The Morgan fingerprint density at radius 3 is 2.63 bits per heavy atom. The number of nitrogens with one attached hydrogen (secondary N) is 2. The van der Waals surface area contributed by atoms with Gasteiger partial charge in [0.25, 0.3) is 0 Å². The molecule has 0 aliphatic carbocycles. The molecule has 1 aliphatic heterocycles. The average Bonchev–Trinajstić information content (AvgIpc) is 2.61. The maximum Gasteiger partial charge on any atom is 0.240 e. The van der Waals surface area contributed by atoms with Crippen molar-refractivity contribution >= 4 is 27.5 Å². The fraction of sp³-hybridized carbons (Fsp3) is 0.526. The predicted octanol–water partition coefficient (Wildman–Crippen LogP) is 2.56. The van der Waals surface area contributed by atoms with Gasteiger partial charge in [-0.1, -0.05) is 29.3 Å². The second-order valence-corrected chi connectivity index (χ2v) is 9.23. The Morgan fingerprint density at radius 1 is 1.30 bits per heavy atom. The number of sulfonamides is 1. The number of hydrogen-bond donors (Lipinski definition) is 2. The lowest BCUT2D eigenvalue weighted by Gasteiger charge is -2.31. The zero-order chi connectivity index (χ0) is 19.9. The molecule has 0 bridgehead atoms. The molecule has 0 unspecified atom stereocenters. The average molecular weight is 414 g/mol. The number of halogens is 1. The predicted molar refractivity (Wildman–Crippen MR) is 108 cm³/mol. The van der Waals surface area contributed by atoms with E-state index in [2.05, 4.69) is 34.9 Å². The maximum atomic E-state index is 12.2. The van der Waals surface area contributed by atoms with Crippen LogP contribution in [-0.2, 0) is 14.8 Å². The largest absolute Gasteiger partial charge is 0.353 e. The molecule has 0 atom stereocenters.